The second kappa shape index (κ2) is 12.4. The number of hydrogen-bond donors (Lipinski definition) is 6. The van der Waals surface area contributed by atoms with Crippen LogP contribution in [0.15, 0.2) is 37.2 Å². The SMILES string of the molecule is NC(=O)c1ccc[n+]([C@@H]2O[C@H](COP(=O)([O-])OP(=O)([O-])OC[C@H]3O[C@@H](n4cnc5c(N)ncnc54)C(O)[C@H]3O)C(O)C2O)c1. The molecule has 0 aliphatic carbocycles. The number of aliphatic hydroxyl groups excluding tert-OH is 4. The number of aromatic nitrogens is 5. The van der Waals surface area contributed by atoms with Crippen LogP contribution < -0.4 is 25.8 Å². The van der Waals surface area contributed by atoms with E-state index in [1.54, 1.807) is 0 Å². The highest BCUT2D eigenvalue weighted by atomic mass is 31.3. The average molecular weight is 662 g/mol. The number of hydrogen-bond acceptors (Lipinski definition) is 18. The maximum atomic E-state index is 12.3. The summed E-state index contributed by atoms with van der Waals surface area (Å²) in [6.45, 7) is -1.98. The summed E-state index contributed by atoms with van der Waals surface area (Å²) >= 11 is 0. The fraction of sp³-hybridized carbons (Fsp3) is 0.476. The first kappa shape index (κ1) is 32.4. The lowest BCUT2D eigenvalue weighted by Gasteiger charge is -2.31. The van der Waals surface area contributed by atoms with E-state index in [-0.39, 0.29) is 22.5 Å². The first-order chi connectivity index (χ1) is 20.7. The van der Waals surface area contributed by atoms with Crippen molar-refractivity contribution in [2.45, 2.75) is 49.1 Å². The number of nitrogens with two attached hydrogens (primary N) is 2. The minimum absolute atomic E-state index is 0.0363. The molecule has 23 heteroatoms. The Hall–Kier alpha value is -3.01. The molecule has 2 aliphatic heterocycles. The van der Waals surface area contributed by atoms with E-state index < -0.39 is 83.8 Å². The molecule has 5 heterocycles. The Bertz CT molecular complexity index is 1630. The Kier molecular flexibility index (Phi) is 9.13. The fourth-order valence-electron chi connectivity index (χ4n) is 4.56. The summed E-state index contributed by atoms with van der Waals surface area (Å²) in [5, 5.41) is 41.5. The zero-order chi connectivity index (χ0) is 32.0. The number of carbonyl (C=O) groups is 1. The molecule has 5 unspecified atom stereocenters. The zero-order valence-electron chi connectivity index (χ0n) is 22.2. The van der Waals surface area contributed by atoms with E-state index >= 15 is 0 Å². The summed E-state index contributed by atoms with van der Waals surface area (Å²) in [5.74, 6) is -0.743. The van der Waals surface area contributed by atoms with Crippen molar-refractivity contribution in [3.63, 3.8) is 0 Å². The van der Waals surface area contributed by atoms with Crippen molar-refractivity contribution < 1.29 is 71.5 Å². The molecule has 8 N–H and O–H groups in total. The number of aliphatic hydroxyl groups is 4. The van der Waals surface area contributed by atoms with Crippen LogP contribution in [0, 0.1) is 0 Å². The molecule has 5 rings (SSSR count). The molecule has 1 amide bonds. The van der Waals surface area contributed by atoms with Crippen molar-refractivity contribution in [1.82, 2.24) is 19.5 Å². The number of pyridine rings is 1. The molecule has 44 heavy (non-hydrogen) atoms. The van der Waals surface area contributed by atoms with Gasteiger partial charge in [0.25, 0.3) is 27.8 Å². The lowest BCUT2D eigenvalue weighted by atomic mass is 10.1. The number of phosphoric acid groups is 2. The molecule has 10 atom stereocenters. The number of ether oxygens (including phenoxy) is 2. The molecule has 0 aromatic carbocycles. The molecule has 2 aliphatic rings. The molecule has 0 radical (unpaired) electrons. The number of primary amides is 1. The normalized spacial score (nSPS) is 31.6. The Labute approximate surface area is 246 Å². The van der Waals surface area contributed by atoms with Gasteiger partial charge in [-0.3, -0.25) is 18.5 Å². The predicted octanol–water partition coefficient (Wildman–Crippen LogP) is -4.28. The van der Waals surface area contributed by atoms with Gasteiger partial charge in [-0.05, 0) is 6.07 Å². The smallest absolute Gasteiger partial charge is 0.292 e. The van der Waals surface area contributed by atoms with Crippen molar-refractivity contribution >= 4 is 38.5 Å². The van der Waals surface area contributed by atoms with Crippen molar-refractivity contribution in [2.75, 3.05) is 18.9 Å². The standard InChI is InChI=1S/C21H27N7O14P2/c22-17-12-19(25-7-24-17)28(8-26-12)21-16(32)14(30)11(41-21)6-39-44(36,37)42-43(34,35)38-5-10-13(29)15(31)20(40-10)27-3-1-2-9(4-27)18(23)33/h1-4,7-8,10-11,13-16,20-21,29-32H,5-6H2,(H5-,22,23,24,25,33,34,35,36,37)/p-1/t10-,11-,13?,14+,15?,16?,20-,21-/m1/s1. The summed E-state index contributed by atoms with van der Waals surface area (Å²) in [6.07, 6.45) is -7.26. The van der Waals surface area contributed by atoms with E-state index in [1.165, 1.54) is 40.0 Å². The Morgan fingerprint density at radius 1 is 1.00 bits per heavy atom. The topological polar surface area (TPSA) is 324 Å². The van der Waals surface area contributed by atoms with Gasteiger partial charge in [0.1, 0.15) is 47.9 Å². The van der Waals surface area contributed by atoms with Gasteiger partial charge in [-0.15, -0.1) is 0 Å². The average Bonchev–Trinajstić information content (AvgIpc) is 3.61. The number of amides is 1. The zero-order valence-corrected chi connectivity index (χ0v) is 23.9. The summed E-state index contributed by atoms with van der Waals surface area (Å²) in [7, 11) is -11.4. The van der Waals surface area contributed by atoms with Crippen LogP contribution in [0.3, 0.4) is 0 Å². The van der Waals surface area contributed by atoms with E-state index in [0.717, 1.165) is 6.33 Å². The number of phosphoric ester groups is 2. The minimum atomic E-state index is -5.68. The first-order valence-electron chi connectivity index (χ1n) is 12.6. The number of fused-ring (bicyclic) bond motifs is 1. The maximum absolute atomic E-state index is 12.3. The van der Waals surface area contributed by atoms with Crippen LogP contribution in [0.1, 0.15) is 22.8 Å². The monoisotopic (exact) mass is 662 g/mol. The predicted molar refractivity (Wildman–Crippen MR) is 135 cm³/mol. The maximum Gasteiger partial charge on any atom is 0.292 e. The van der Waals surface area contributed by atoms with Gasteiger partial charge in [-0.2, -0.15) is 4.57 Å². The summed E-state index contributed by atoms with van der Waals surface area (Å²) in [5.41, 5.74) is 11.3. The molecular formula is C21H26N7O14P2-. The van der Waals surface area contributed by atoms with E-state index in [2.05, 4.69) is 28.3 Å². The van der Waals surface area contributed by atoms with Crippen LogP contribution >= 0.6 is 15.6 Å². The number of imidazole rings is 1. The quantitative estimate of drug-likeness (QED) is 0.0835. The third-order valence-corrected chi connectivity index (χ3v) is 9.26. The summed E-state index contributed by atoms with van der Waals surface area (Å²) in [4.78, 5) is 47.8. The van der Waals surface area contributed by atoms with Crippen LogP contribution in [0.25, 0.3) is 11.2 Å². The second-order valence-corrected chi connectivity index (χ2v) is 12.6. The van der Waals surface area contributed by atoms with Crippen LogP contribution in [-0.4, -0.2) is 95.7 Å². The molecular weight excluding hydrogens is 636 g/mol. The van der Waals surface area contributed by atoms with E-state index in [0.29, 0.717) is 0 Å². The molecule has 3 aromatic heterocycles. The highest BCUT2D eigenvalue weighted by Crippen LogP contribution is 2.56. The van der Waals surface area contributed by atoms with Crippen LogP contribution in [0.4, 0.5) is 5.82 Å². The lowest BCUT2D eigenvalue weighted by molar-refractivity contribution is -0.765. The van der Waals surface area contributed by atoms with Crippen molar-refractivity contribution in [3.8, 4) is 0 Å². The molecule has 3 aromatic rings. The molecule has 0 spiro atoms. The van der Waals surface area contributed by atoms with Crippen molar-refractivity contribution in [1.29, 1.82) is 0 Å². The molecule has 21 nitrogen and oxygen atoms in total. The number of rotatable bonds is 11. The number of nitrogen functional groups attached to an aromatic ring is 1. The fourth-order valence-corrected chi connectivity index (χ4v) is 6.58. The molecule has 240 valence electrons. The van der Waals surface area contributed by atoms with Crippen LogP contribution in [0.5, 0.6) is 0 Å². The Morgan fingerprint density at radius 2 is 1.64 bits per heavy atom. The van der Waals surface area contributed by atoms with Gasteiger partial charge < -0.3 is 60.2 Å². The van der Waals surface area contributed by atoms with Gasteiger partial charge in [0.05, 0.1) is 19.5 Å². The highest BCUT2D eigenvalue weighted by molar-refractivity contribution is 7.59. The van der Waals surface area contributed by atoms with E-state index in [4.69, 9.17) is 20.9 Å². The van der Waals surface area contributed by atoms with Gasteiger partial charge >= 0.3 is 0 Å². The van der Waals surface area contributed by atoms with Gasteiger partial charge in [0.15, 0.2) is 36.2 Å². The Balaban J connectivity index is 1.16. The van der Waals surface area contributed by atoms with Gasteiger partial charge in [-0.1, -0.05) is 0 Å². The van der Waals surface area contributed by atoms with Gasteiger partial charge in [-0.25, -0.2) is 19.3 Å². The van der Waals surface area contributed by atoms with E-state index in [1.807, 2.05) is 0 Å². The minimum Gasteiger partial charge on any atom is -0.756 e. The number of nitrogens with zero attached hydrogens (tertiary/aromatic N) is 5. The number of anilines is 1. The molecule has 0 saturated carbocycles. The lowest BCUT2D eigenvalue weighted by Crippen LogP contribution is -2.46. The largest absolute Gasteiger partial charge is 0.756 e. The van der Waals surface area contributed by atoms with Crippen LogP contribution in [-0.2, 0) is 32.0 Å². The van der Waals surface area contributed by atoms with Gasteiger partial charge in [0, 0.05) is 6.07 Å². The third-order valence-electron chi connectivity index (χ3n) is 6.73. The van der Waals surface area contributed by atoms with Crippen molar-refractivity contribution in [3.05, 3.63) is 42.7 Å². The number of carbonyl (C=O) groups excluding carboxylic acids is 1. The highest BCUT2D eigenvalue weighted by Gasteiger charge is 2.49. The third kappa shape index (κ3) is 6.65. The molecule has 2 fully saturated rings. The van der Waals surface area contributed by atoms with Gasteiger partial charge in [0.2, 0.25) is 0 Å². The molecule has 2 saturated heterocycles. The second-order valence-electron chi connectivity index (χ2n) is 9.65. The van der Waals surface area contributed by atoms with Crippen LogP contribution in [0.2, 0.25) is 0 Å². The Morgan fingerprint density at radius 3 is 2.30 bits per heavy atom. The van der Waals surface area contributed by atoms with Crippen molar-refractivity contribution in [2.24, 2.45) is 5.73 Å². The molecule has 0 bridgehead atoms. The first-order valence-corrected chi connectivity index (χ1v) is 15.5. The van der Waals surface area contributed by atoms with E-state index in [9.17, 15) is 44.1 Å². The summed E-state index contributed by atoms with van der Waals surface area (Å²) < 4.78 is 51.1. The summed E-state index contributed by atoms with van der Waals surface area (Å²) in [6, 6.07) is 2.80.